The monoisotopic (exact) mass is 530 g/mol. The van der Waals surface area contributed by atoms with Crippen molar-refractivity contribution in [2.75, 3.05) is 0 Å². The first kappa shape index (κ1) is 27.8. The summed E-state index contributed by atoms with van der Waals surface area (Å²) in [5.41, 5.74) is -3.81. The van der Waals surface area contributed by atoms with Gasteiger partial charge in [0.05, 0.1) is 17.5 Å². The zero-order valence-electron chi connectivity index (χ0n) is 18.7. The largest absolute Gasteiger partial charge is 0.416 e. The van der Waals surface area contributed by atoms with E-state index < -0.39 is 65.4 Å². The van der Waals surface area contributed by atoms with Crippen LogP contribution in [0.15, 0.2) is 78.0 Å². The minimum atomic E-state index is -5.02. The zero-order chi connectivity index (χ0) is 27.4. The van der Waals surface area contributed by atoms with Crippen LogP contribution in [0, 0.1) is 16.5 Å². The molecule has 0 saturated carbocycles. The average Bonchev–Trinajstić information content (AvgIpc) is 2.81. The Morgan fingerprint density at radius 3 is 1.92 bits per heavy atom. The number of nitrogens with zero attached hydrogens (tertiary/aromatic N) is 1. The van der Waals surface area contributed by atoms with E-state index in [1.54, 1.807) is 18.2 Å². The molecule has 3 aromatic rings. The first-order valence-corrected chi connectivity index (χ1v) is 10.6. The lowest BCUT2D eigenvalue weighted by Gasteiger charge is -2.37. The molecule has 0 radical (unpaired) electrons. The van der Waals surface area contributed by atoms with E-state index in [1.807, 2.05) is 0 Å². The molecule has 0 aliphatic carbocycles. The predicted octanol–water partition coefficient (Wildman–Crippen LogP) is 6.67. The first-order chi connectivity index (χ1) is 17.2. The van der Waals surface area contributed by atoms with E-state index in [1.165, 1.54) is 12.1 Å². The fourth-order valence-electron chi connectivity index (χ4n) is 3.89. The molecular formula is C25H18F8N2O2. The fraction of sp³-hybridized carbons (Fsp3) is 0.240. The van der Waals surface area contributed by atoms with Crippen LogP contribution in [0.4, 0.5) is 35.1 Å². The van der Waals surface area contributed by atoms with Gasteiger partial charge in [-0.15, -0.1) is 4.91 Å². The van der Waals surface area contributed by atoms with Crippen molar-refractivity contribution in [2.45, 2.75) is 36.8 Å². The number of benzene rings is 3. The Kier molecular flexibility index (Phi) is 7.99. The molecule has 0 saturated heterocycles. The van der Waals surface area contributed by atoms with Gasteiger partial charge < -0.3 is 5.32 Å². The van der Waals surface area contributed by atoms with Gasteiger partial charge in [0.2, 0.25) is 5.91 Å². The number of alkyl halides is 6. The first-order valence-electron chi connectivity index (χ1n) is 10.6. The van der Waals surface area contributed by atoms with Crippen LogP contribution in [0.3, 0.4) is 0 Å². The van der Waals surface area contributed by atoms with Gasteiger partial charge in [0.1, 0.15) is 11.6 Å². The molecule has 0 bridgehead atoms. The molecule has 0 unspecified atom stereocenters. The molecule has 3 aromatic carbocycles. The van der Waals surface area contributed by atoms with Gasteiger partial charge in [-0.3, -0.25) is 4.79 Å². The second-order valence-corrected chi connectivity index (χ2v) is 8.23. The van der Waals surface area contributed by atoms with E-state index in [2.05, 4.69) is 10.5 Å². The molecule has 0 spiro atoms. The van der Waals surface area contributed by atoms with Crippen LogP contribution in [0.5, 0.6) is 0 Å². The van der Waals surface area contributed by atoms with Crippen LogP contribution in [-0.4, -0.2) is 18.1 Å². The number of halogens is 8. The van der Waals surface area contributed by atoms with Crippen molar-refractivity contribution in [1.82, 2.24) is 5.32 Å². The van der Waals surface area contributed by atoms with E-state index in [-0.39, 0.29) is 11.6 Å². The van der Waals surface area contributed by atoms with E-state index in [4.69, 9.17) is 0 Å². The molecule has 196 valence electrons. The van der Waals surface area contributed by atoms with Crippen molar-refractivity contribution in [3.63, 3.8) is 0 Å². The molecule has 4 nitrogen and oxygen atoms in total. The molecule has 37 heavy (non-hydrogen) atoms. The van der Waals surface area contributed by atoms with Crippen LogP contribution in [-0.2, 0) is 22.9 Å². The molecule has 0 aliphatic rings. The van der Waals surface area contributed by atoms with Gasteiger partial charge in [-0.25, -0.2) is 8.78 Å². The minimum absolute atomic E-state index is 0.0820. The van der Waals surface area contributed by atoms with Crippen LogP contribution in [0.25, 0.3) is 0 Å². The fourth-order valence-corrected chi connectivity index (χ4v) is 3.89. The molecule has 1 amide bonds. The highest BCUT2D eigenvalue weighted by atomic mass is 19.4. The summed E-state index contributed by atoms with van der Waals surface area (Å²) in [4.78, 5) is 24.1. The third-order valence-electron chi connectivity index (χ3n) is 5.56. The minimum Gasteiger partial charge on any atom is -0.340 e. The number of nitrogens with one attached hydrogen (secondary N) is 1. The molecule has 1 N–H and O–H groups in total. The molecule has 0 heterocycles. The van der Waals surface area contributed by atoms with E-state index >= 15 is 0 Å². The second kappa shape index (κ2) is 10.7. The summed E-state index contributed by atoms with van der Waals surface area (Å²) < 4.78 is 108. The van der Waals surface area contributed by atoms with Crippen molar-refractivity contribution in [1.29, 1.82) is 0 Å². The second-order valence-electron chi connectivity index (χ2n) is 8.23. The SMILES string of the molecule is O=N[C@@H](CC(F)(F)F)C(=O)N[C@](Cc1ccccc1)(c1ccc(F)cc1)c1cc(F)cc(C(F)(F)F)c1. The zero-order valence-corrected chi connectivity index (χ0v) is 18.7. The van der Waals surface area contributed by atoms with Crippen molar-refractivity contribution in [3.8, 4) is 0 Å². The van der Waals surface area contributed by atoms with Gasteiger partial charge in [-0.1, -0.05) is 47.6 Å². The van der Waals surface area contributed by atoms with Crippen LogP contribution < -0.4 is 5.32 Å². The summed E-state index contributed by atoms with van der Waals surface area (Å²) in [6, 6.07) is 10.7. The van der Waals surface area contributed by atoms with Crippen LogP contribution >= 0.6 is 0 Å². The Morgan fingerprint density at radius 1 is 0.784 bits per heavy atom. The van der Waals surface area contributed by atoms with E-state index in [9.17, 15) is 44.8 Å². The summed E-state index contributed by atoms with van der Waals surface area (Å²) in [6.07, 6.45) is -12.3. The van der Waals surface area contributed by atoms with Gasteiger partial charge in [0.25, 0.3) is 0 Å². The number of carbonyl (C=O) groups is 1. The number of amides is 1. The van der Waals surface area contributed by atoms with Crippen LogP contribution in [0.1, 0.15) is 28.7 Å². The molecule has 3 rings (SSSR count). The quantitative estimate of drug-likeness (QED) is 0.261. The number of carbonyl (C=O) groups excluding carboxylic acids is 1. The van der Waals surface area contributed by atoms with Crippen molar-refractivity contribution in [2.24, 2.45) is 5.18 Å². The maximum Gasteiger partial charge on any atom is 0.416 e. The highest BCUT2D eigenvalue weighted by molar-refractivity contribution is 5.83. The lowest BCUT2D eigenvalue weighted by Crippen LogP contribution is -2.52. The Hall–Kier alpha value is -3.83. The third-order valence-corrected chi connectivity index (χ3v) is 5.56. The number of nitroso groups, excluding NO2 is 1. The average molecular weight is 530 g/mol. The third kappa shape index (κ3) is 6.89. The maximum atomic E-state index is 14.5. The molecule has 0 fully saturated rings. The predicted molar refractivity (Wildman–Crippen MR) is 117 cm³/mol. The smallest absolute Gasteiger partial charge is 0.340 e. The highest BCUT2D eigenvalue weighted by Gasteiger charge is 2.43. The van der Waals surface area contributed by atoms with Gasteiger partial charge in [0, 0.05) is 6.42 Å². The van der Waals surface area contributed by atoms with Crippen molar-refractivity contribution < 1.29 is 39.9 Å². The Bertz CT molecular complexity index is 1240. The maximum absolute atomic E-state index is 14.5. The standard InChI is InChI=1S/C25H18F8N2O2/c26-19-8-6-16(7-9-19)23(13-15-4-2-1-3-5-15,34-22(36)21(35-37)14-24(28,29)30)17-10-18(25(31,32)33)12-20(27)11-17/h1-12,21H,13-14H2,(H,34,36)/t21-,23+/m0/s1. The highest BCUT2D eigenvalue weighted by Crippen LogP contribution is 2.39. The van der Waals surface area contributed by atoms with Crippen LogP contribution in [0.2, 0.25) is 0 Å². The lowest BCUT2D eigenvalue weighted by atomic mass is 9.77. The van der Waals surface area contributed by atoms with E-state index in [0.717, 1.165) is 24.3 Å². The summed E-state index contributed by atoms with van der Waals surface area (Å²) in [5.74, 6) is -3.67. The van der Waals surface area contributed by atoms with Gasteiger partial charge >= 0.3 is 12.4 Å². The van der Waals surface area contributed by atoms with Gasteiger partial charge in [-0.2, -0.15) is 26.3 Å². The van der Waals surface area contributed by atoms with Gasteiger partial charge in [-0.05, 0) is 47.0 Å². The molecular weight excluding hydrogens is 512 g/mol. The lowest BCUT2D eigenvalue weighted by molar-refractivity contribution is -0.148. The Labute approximate surface area is 205 Å². The number of hydrogen-bond donors (Lipinski definition) is 1. The summed E-state index contributed by atoms with van der Waals surface area (Å²) in [6.45, 7) is 0. The normalized spacial score (nSPS) is 14.5. The molecule has 0 aromatic heterocycles. The molecule has 2 atom stereocenters. The Balaban J connectivity index is 2.30. The topological polar surface area (TPSA) is 58.5 Å². The van der Waals surface area contributed by atoms with E-state index in [0.29, 0.717) is 17.7 Å². The summed E-state index contributed by atoms with van der Waals surface area (Å²) in [7, 11) is 0. The number of rotatable bonds is 8. The number of hydrogen-bond acceptors (Lipinski definition) is 3. The van der Waals surface area contributed by atoms with Crippen molar-refractivity contribution in [3.05, 3.63) is 112 Å². The van der Waals surface area contributed by atoms with Crippen molar-refractivity contribution >= 4 is 5.91 Å². The molecule has 0 aliphatic heterocycles. The Morgan fingerprint density at radius 2 is 1.38 bits per heavy atom. The molecule has 12 heteroatoms. The summed E-state index contributed by atoms with van der Waals surface area (Å²) >= 11 is 0. The van der Waals surface area contributed by atoms with Gasteiger partial charge in [0.15, 0.2) is 6.04 Å². The summed E-state index contributed by atoms with van der Waals surface area (Å²) in [5, 5.41) is 4.47.